The number of amides is 2. The van der Waals surface area contributed by atoms with Crippen LogP contribution in [0.5, 0.6) is 0 Å². The van der Waals surface area contributed by atoms with Gasteiger partial charge in [-0.25, -0.2) is 4.79 Å². The molecule has 1 heterocycles. The Morgan fingerprint density at radius 2 is 1.65 bits per heavy atom. The van der Waals surface area contributed by atoms with Crippen molar-refractivity contribution in [2.24, 2.45) is 0 Å². The van der Waals surface area contributed by atoms with Gasteiger partial charge in [0.25, 0.3) is 5.91 Å². The average Bonchev–Trinajstić information content (AvgIpc) is 3.05. The highest BCUT2D eigenvalue weighted by molar-refractivity contribution is 7.14. The quantitative estimate of drug-likeness (QED) is 0.575. The highest BCUT2D eigenvalue weighted by atomic mass is 32.1. The fourth-order valence-electron chi connectivity index (χ4n) is 2.37. The normalized spacial score (nSPS) is 10.3. The molecule has 6 nitrogen and oxygen atoms in total. The number of carbonyl (C=O) groups is 2. The standard InChI is InChI=1S/C19H21N3O3S/c1-3-11-22(12-4-2)13-14-9-10-17(26-14)18(23)20-15-7-5-6-8-16(15)21-19(24)25/h3-10,21H,1-2,11-13H2,(H,20,23)(H,24,25). The zero-order chi connectivity index (χ0) is 18.9. The van der Waals surface area contributed by atoms with Gasteiger partial charge >= 0.3 is 6.09 Å². The van der Waals surface area contributed by atoms with E-state index in [2.05, 4.69) is 28.7 Å². The summed E-state index contributed by atoms with van der Waals surface area (Å²) in [7, 11) is 0. The molecular weight excluding hydrogens is 350 g/mol. The molecule has 1 aromatic carbocycles. The molecule has 0 aliphatic rings. The van der Waals surface area contributed by atoms with E-state index in [1.54, 1.807) is 30.3 Å². The molecule has 0 aliphatic carbocycles. The number of nitrogens with one attached hydrogen (secondary N) is 2. The van der Waals surface area contributed by atoms with Crippen molar-refractivity contribution in [1.82, 2.24) is 4.90 Å². The molecule has 7 heteroatoms. The van der Waals surface area contributed by atoms with Crippen LogP contribution in [0.1, 0.15) is 14.5 Å². The fraction of sp³-hybridized carbons (Fsp3) is 0.158. The maximum absolute atomic E-state index is 12.5. The van der Waals surface area contributed by atoms with Gasteiger partial charge in [0, 0.05) is 24.5 Å². The van der Waals surface area contributed by atoms with Gasteiger partial charge in [-0.15, -0.1) is 24.5 Å². The van der Waals surface area contributed by atoms with Crippen LogP contribution < -0.4 is 10.6 Å². The lowest BCUT2D eigenvalue weighted by atomic mass is 10.2. The molecule has 0 fully saturated rings. The molecule has 2 amide bonds. The Hall–Kier alpha value is -2.90. The summed E-state index contributed by atoms with van der Waals surface area (Å²) in [6, 6.07) is 10.3. The minimum atomic E-state index is -1.19. The van der Waals surface area contributed by atoms with Gasteiger partial charge in [0.05, 0.1) is 16.3 Å². The summed E-state index contributed by atoms with van der Waals surface area (Å²) in [4.78, 5) is 27.1. The van der Waals surface area contributed by atoms with Crippen LogP contribution in [-0.4, -0.2) is 35.1 Å². The molecule has 0 unspecified atom stereocenters. The number of hydrogen-bond acceptors (Lipinski definition) is 4. The summed E-state index contributed by atoms with van der Waals surface area (Å²) >= 11 is 1.40. The van der Waals surface area contributed by atoms with Crippen molar-refractivity contribution < 1.29 is 14.7 Å². The van der Waals surface area contributed by atoms with Crippen molar-refractivity contribution in [1.29, 1.82) is 0 Å². The largest absolute Gasteiger partial charge is 0.465 e. The molecule has 0 saturated heterocycles. The second-order valence-electron chi connectivity index (χ2n) is 5.47. The number of hydrogen-bond donors (Lipinski definition) is 3. The van der Waals surface area contributed by atoms with Crippen LogP contribution in [0.15, 0.2) is 61.7 Å². The second-order valence-corrected chi connectivity index (χ2v) is 6.64. The van der Waals surface area contributed by atoms with Crippen LogP contribution in [0.25, 0.3) is 0 Å². The third kappa shape index (κ3) is 5.58. The Balaban J connectivity index is 2.07. The van der Waals surface area contributed by atoms with Crippen LogP contribution >= 0.6 is 11.3 Å². The van der Waals surface area contributed by atoms with Crippen LogP contribution in [0.4, 0.5) is 16.2 Å². The molecule has 0 aliphatic heterocycles. The van der Waals surface area contributed by atoms with Crippen molar-refractivity contribution in [3.8, 4) is 0 Å². The molecule has 0 bridgehead atoms. The van der Waals surface area contributed by atoms with Crippen LogP contribution in [0.2, 0.25) is 0 Å². The molecular formula is C19H21N3O3S. The highest BCUT2D eigenvalue weighted by Gasteiger charge is 2.13. The molecule has 0 atom stereocenters. The summed E-state index contributed by atoms with van der Waals surface area (Å²) in [5, 5.41) is 13.9. The van der Waals surface area contributed by atoms with Crippen molar-refractivity contribution in [2.75, 3.05) is 23.7 Å². The number of nitrogens with zero attached hydrogens (tertiary/aromatic N) is 1. The van der Waals surface area contributed by atoms with Gasteiger partial charge in [-0.2, -0.15) is 0 Å². The van der Waals surface area contributed by atoms with Crippen molar-refractivity contribution in [3.63, 3.8) is 0 Å². The van der Waals surface area contributed by atoms with E-state index in [0.29, 0.717) is 22.8 Å². The first-order valence-corrected chi connectivity index (χ1v) is 8.78. The Morgan fingerprint density at radius 3 is 2.23 bits per heavy atom. The van der Waals surface area contributed by atoms with Gasteiger partial charge in [0.15, 0.2) is 0 Å². The first-order chi connectivity index (χ1) is 12.5. The van der Waals surface area contributed by atoms with Crippen molar-refractivity contribution >= 4 is 34.7 Å². The molecule has 0 saturated carbocycles. The third-order valence-corrected chi connectivity index (χ3v) is 4.53. The van der Waals surface area contributed by atoms with E-state index in [9.17, 15) is 9.59 Å². The zero-order valence-electron chi connectivity index (χ0n) is 14.3. The maximum Gasteiger partial charge on any atom is 0.409 e. The summed E-state index contributed by atoms with van der Waals surface area (Å²) in [5.41, 5.74) is 0.739. The smallest absolute Gasteiger partial charge is 0.409 e. The van der Waals surface area contributed by atoms with Crippen molar-refractivity contribution in [2.45, 2.75) is 6.54 Å². The molecule has 136 valence electrons. The Labute approximate surface area is 156 Å². The van der Waals surface area contributed by atoms with Crippen LogP contribution in [0, 0.1) is 0 Å². The lowest BCUT2D eigenvalue weighted by Crippen LogP contribution is -2.22. The molecule has 0 spiro atoms. The summed E-state index contributed by atoms with van der Waals surface area (Å²) in [5.74, 6) is -0.278. The summed E-state index contributed by atoms with van der Waals surface area (Å²) < 4.78 is 0. The number of thiophene rings is 1. The molecule has 3 N–H and O–H groups in total. The van der Waals surface area contributed by atoms with Crippen LogP contribution in [-0.2, 0) is 6.54 Å². The monoisotopic (exact) mass is 371 g/mol. The minimum Gasteiger partial charge on any atom is -0.465 e. The summed E-state index contributed by atoms with van der Waals surface area (Å²) in [6.45, 7) is 9.67. The number of carbonyl (C=O) groups excluding carboxylic acids is 1. The molecule has 0 radical (unpaired) electrons. The number of para-hydroxylation sites is 2. The van der Waals surface area contributed by atoms with Gasteiger partial charge in [0.1, 0.15) is 0 Å². The molecule has 2 rings (SSSR count). The first-order valence-electron chi connectivity index (χ1n) is 7.96. The van der Waals surface area contributed by atoms with E-state index in [0.717, 1.165) is 18.0 Å². The maximum atomic E-state index is 12.5. The third-order valence-electron chi connectivity index (χ3n) is 3.46. The molecule has 2 aromatic rings. The fourth-order valence-corrected chi connectivity index (χ4v) is 3.32. The number of rotatable bonds is 9. The lowest BCUT2D eigenvalue weighted by molar-refractivity contribution is 0.103. The number of benzene rings is 1. The van der Waals surface area contributed by atoms with Gasteiger partial charge in [-0.1, -0.05) is 24.3 Å². The van der Waals surface area contributed by atoms with E-state index in [1.807, 2.05) is 18.2 Å². The highest BCUT2D eigenvalue weighted by Crippen LogP contribution is 2.24. The van der Waals surface area contributed by atoms with E-state index in [4.69, 9.17) is 5.11 Å². The van der Waals surface area contributed by atoms with E-state index in [1.165, 1.54) is 11.3 Å². The van der Waals surface area contributed by atoms with E-state index >= 15 is 0 Å². The van der Waals surface area contributed by atoms with Gasteiger partial charge in [-0.3, -0.25) is 15.0 Å². The van der Waals surface area contributed by atoms with Gasteiger partial charge in [0.2, 0.25) is 0 Å². The number of anilines is 2. The van der Waals surface area contributed by atoms with Crippen LogP contribution in [0.3, 0.4) is 0 Å². The Bertz CT molecular complexity index is 791. The minimum absolute atomic E-state index is 0.278. The molecule has 1 aromatic heterocycles. The van der Waals surface area contributed by atoms with Crippen molar-refractivity contribution in [3.05, 3.63) is 71.5 Å². The SMILES string of the molecule is C=CCN(CC=C)Cc1ccc(C(=O)Nc2ccccc2NC(=O)O)s1. The predicted molar refractivity (Wildman–Crippen MR) is 106 cm³/mol. The Kier molecular flexibility index (Phi) is 7.13. The summed E-state index contributed by atoms with van der Waals surface area (Å²) in [6.07, 6.45) is 2.48. The number of carboxylic acid groups (broad SMARTS) is 1. The predicted octanol–water partition coefficient (Wildman–Crippen LogP) is 4.26. The second kappa shape index (κ2) is 9.55. The van der Waals surface area contributed by atoms with E-state index in [-0.39, 0.29) is 5.91 Å². The van der Waals surface area contributed by atoms with Gasteiger partial charge in [-0.05, 0) is 24.3 Å². The lowest BCUT2D eigenvalue weighted by Gasteiger charge is -2.17. The van der Waals surface area contributed by atoms with E-state index < -0.39 is 6.09 Å². The zero-order valence-corrected chi connectivity index (χ0v) is 15.1. The first kappa shape index (κ1) is 19.4. The average molecular weight is 371 g/mol. The topological polar surface area (TPSA) is 81.7 Å². The van der Waals surface area contributed by atoms with Gasteiger partial charge < -0.3 is 10.4 Å². The Morgan fingerprint density at radius 1 is 1.04 bits per heavy atom. The molecule has 26 heavy (non-hydrogen) atoms.